The van der Waals surface area contributed by atoms with Crippen LogP contribution in [-0.2, 0) is 23.7 Å². The topological polar surface area (TPSA) is 324 Å². The third kappa shape index (κ3) is 57.4. The molecule has 0 aliphatic rings. The van der Waals surface area contributed by atoms with Crippen molar-refractivity contribution in [2.45, 2.75) is 66.6 Å². The Morgan fingerprint density at radius 2 is 1.02 bits per heavy atom. The molecule has 0 spiro atoms. The fraction of sp³-hybridized carbons (Fsp3) is 0.844. The normalized spacial score (nSPS) is 10.1. The highest BCUT2D eigenvalue weighted by Gasteiger charge is 2.14. The lowest BCUT2D eigenvalue weighted by atomic mass is 10.2. The van der Waals surface area contributed by atoms with Crippen molar-refractivity contribution in [2.24, 2.45) is 5.92 Å². The molecule has 0 aliphatic carbocycles. The van der Waals surface area contributed by atoms with E-state index in [1.807, 2.05) is 20.8 Å². The summed E-state index contributed by atoms with van der Waals surface area (Å²) in [5, 5.41) is 68.2. The molecule has 22 heteroatoms. The molecule has 54 heavy (non-hydrogen) atoms. The second-order valence-electron chi connectivity index (χ2n) is 10.9. The van der Waals surface area contributed by atoms with Crippen molar-refractivity contribution in [3.8, 4) is 0 Å². The minimum absolute atomic E-state index is 0.0166. The lowest BCUT2D eigenvalue weighted by Gasteiger charge is -2.21. The first-order chi connectivity index (χ1) is 25.6. The van der Waals surface area contributed by atoms with E-state index in [4.69, 9.17) is 45.2 Å². The van der Waals surface area contributed by atoms with Crippen molar-refractivity contribution in [1.29, 1.82) is 0 Å². The van der Waals surface area contributed by atoms with Crippen LogP contribution in [0.15, 0.2) is 0 Å². The zero-order valence-corrected chi connectivity index (χ0v) is 32.9. The summed E-state index contributed by atoms with van der Waals surface area (Å²) < 4.78 is 23.0. The van der Waals surface area contributed by atoms with Crippen LogP contribution in [-0.4, -0.2) is 189 Å². The number of hydrogen-bond donors (Lipinski definition) is 11. The van der Waals surface area contributed by atoms with Gasteiger partial charge in [0, 0.05) is 39.8 Å². The van der Waals surface area contributed by atoms with Crippen molar-refractivity contribution in [3.63, 3.8) is 0 Å². The SMILES string of the molecule is CC(C)COC(=O)NCCO.CC(C)OC(=O)N(CCO)CCO.CCCCNC(=O)OCC(C)O.CNC(=O)OCCO.O=C(NCCO)OCCO. The number of unbranched alkanes of at least 4 members (excludes halogenated alkanes) is 1. The van der Waals surface area contributed by atoms with E-state index in [0.717, 1.165) is 12.8 Å². The minimum Gasteiger partial charge on any atom is -0.449 e. The average molecular weight is 796 g/mol. The smallest absolute Gasteiger partial charge is 0.410 e. The molecule has 0 saturated heterocycles. The Labute approximate surface area is 318 Å². The van der Waals surface area contributed by atoms with Crippen molar-refractivity contribution >= 4 is 30.5 Å². The number of carbonyl (C=O) groups excluding carboxylic acids is 5. The average Bonchev–Trinajstić information content (AvgIpc) is 3.13. The van der Waals surface area contributed by atoms with Gasteiger partial charge in [-0.2, -0.15) is 0 Å². The van der Waals surface area contributed by atoms with Gasteiger partial charge in [0.25, 0.3) is 0 Å². The van der Waals surface area contributed by atoms with Gasteiger partial charge in [-0.3, -0.25) is 0 Å². The number of hydrogen-bond acceptors (Lipinski definition) is 17. The van der Waals surface area contributed by atoms with Gasteiger partial charge in [0.1, 0.15) is 19.8 Å². The zero-order valence-electron chi connectivity index (χ0n) is 32.9. The second-order valence-corrected chi connectivity index (χ2v) is 10.9. The lowest BCUT2D eigenvalue weighted by Crippen LogP contribution is -2.37. The summed E-state index contributed by atoms with van der Waals surface area (Å²) in [6.07, 6.45) is -1.35. The van der Waals surface area contributed by atoms with Crippen LogP contribution >= 0.6 is 0 Å². The molecular weight excluding hydrogens is 726 g/mol. The van der Waals surface area contributed by atoms with Gasteiger partial charge in [-0.25, -0.2) is 24.0 Å². The maximum Gasteiger partial charge on any atom is 0.410 e. The first-order valence-electron chi connectivity index (χ1n) is 17.4. The highest BCUT2D eigenvalue weighted by molar-refractivity contribution is 5.68. The molecule has 0 saturated carbocycles. The molecule has 0 aromatic heterocycles. The number of aliphatic hydroxyl groups is 7. The number of ether oxygens (including phenoxy) is 5. The standard InChI is InChI=1S/C8H17NO4.C8H17NO3.C7H15NO3.C5H11NO4.C4H9NO3/c1-7(2)13-8(12)9(3-5-10)4-6-11;1-3-4-5-9-8(11)12-6-7(2)10;1-6(2)5-11-7(10)8-3-4-9;7-2-1-6-5(9)10-4-3-8;1-5-4(7)8-3-2-6/h7,10-11H,3-6H2,1-2H3;7,10H,3-6H2,1-2H3,(H,9,11);6,9H,3-5H2,1-2H3,(H,8,10);7-8H,1-4H2,(H,6,9);6H,2-3H2,1H3,(H,5,7). The van der Waals surface area contributed by atoms with E-state index in [-0.39, 0.29) is 91.7 Å². The molecule has 0 aromatic carbocycles. The van der Waals surface area contributed by atoms with Gasteiger partial charge in [0.05, 0.1) is 58.5 Å². The van der Waals surface area contributed by atoms with E-state index < -0.39 is 36.6 Å². The van der Waals surface area contributed by atoms with Gasteiger partial charge in [-0.15, -0.1) is 0 Å². The summed E-state index contributed by atoms with van der Waals surface area (Å²) in [6.45, 7) is 12.2. The molecule has 1 atom stereocenters. The van der Waals surface area contributed by atoms with Crippen LogP contribution < -0.4 is 21.3 Å². The van der Waals surface area contributed by atoms with Crippen molar-refractivity contribution < 1.29 is 83.4 Å². The van der Waals surface area contributed by atoms with Crippen molar-refractivity contribution in [3.05, 3.63) is 0 Å². The molecule has 11 N–H and O–H groups in total. The van der Waals surface area contributed by atoms with Crippen molar-refractivity contribution in [2.75, 3.05) is 106 Å². The predicted octanol–water partition coefficient (Wildman–Crippen LogP) is -0.896. The number of alkyl carbamates (subject to hydrolysis) is 4. The maximum absolute atomic E-state index is 11.2. The molecule has 5 amide bonds. The number of nitrogens with one attached hydrogen (secondary N) is 4. The molecular formula is C32H69N5O17. The Morgan fingerprint density at radius 3 is 1.37 bits per heavy atom. The predicted molar refractivity (Wildman–Crippen MR) is 196 cm³/mol. The molecule has 0 bridgehead atoms. The number of amides is 5. The lowest BCUT2D eigenvalue weighted by molar-refractivity contribution is 0.0646. The van der Waals surface area contributed by atoms with E-state index in [9.17, 15) is 24.0 Å². The first-order valence-corrected chi connectivity index (χ1v) is 17.4. The molecule has 0 aliphatic heterocycles. The summed E-state index contributed by atoms with van der Waals surface area (Å²) >= 11 is 0. The van der Waals surface area contributed by atoms with Crippen LogP contribution in [0.5, 0.6) is 0 Å². The Morgan fingerprint density at radius 1 is 0.593 bits per heavy atom. The number of nitrogens with zero attached hydrogens (tertiary/aromatic N) is 1. The summed E-state index contributed by atoms with van der Waals surface area (Å²) in [6, 6.07) is 0. The van der Waals surface area contributed by atoms with Crippen molar-refractivity contribution in [1.82, 2.24) is 26.2 Å². The van der Waals surface area contributed by atoms with Crippen LogP contribution in [0.2, 0.25) is 0 Å². The van der Waals surface area contributed by atoms with Crippen LogP contribution in [0.3, 0.4) is 0 Å². The fourth-order valence-electron chi connectivity index (χ4n) is 2.44. The van der Waals surface area contributed by atoms with Gasteiger partial charge in [-0.05, 0) is 33.1 Å². The molecule has 0 radical (unpaired) electrons. The third-order valence-corrected chi connectivity index (χ3v) is 4.75. The van der Waals surface area contributed by atoms with Crippen LogP contribution in [0.1, 0.15) is 54.4 Å². The number of rotatable bonds is 20. The quantitative estimate of drug-likeness (QED) is 0.0526. The molecule has 1 unspecified atom stereocenters. The molecule has 0 heterocycles. The van der Waals surface area contributed by atoms with Gasteiger partial charge in [0.2, 0.25) is 0 Å². The van der Waals surface area contributed by atoms with Crippen LogP contribution in [0.25, 0.3) is 0 Å². The molecule has 324 valence electrons. The van der Waals surface area contributed by atoms with E-state index in [1.54, 1.807) is 20.8 Å². The molecule has 0 rings (SSSR count). The van der Waals surface area contributed by atoms with E-state index in [1.165, 1.54) is 11.9 Å². The van der Waals surface area contributed by atoms with E-state index >= 15 is 0 Å². The number of carbonyl (C=O) groups is 5. The maximum atomic E-state index is 11.2. The Balaban J connectivity index is -0.000000187. The highest BCUT2D eigenvalue weighted by Crippen LogP contribution is 1.97. The number of aliphatic hydroxyl groups excluding tert-OH is 7. The summed E-state index contributed by atoms with van der Waals surface area (Å²) in [7, 11) is 1.46. The first kappa shape index (κ1) is 59.4. The van der Waals surface area contributed by atoms with Gasteiger partial charge < -0.3 is 85.6 Å². The fourth-order valence-corrected chi connectivity index (χ4v) is 2.44. The summed E-state index contributed by atoms with van der Waals surface area (Å²) in [5.74, 6) is 0.342. The largest absolute Gasteiger partial charge is 0.449 e. The third-order valence-electron chi connectivity index (χ3n) is 4.75. The van der Waals surface area contributed by atoms with Crippen LogP contribution in [0.4, 0.5) is 24.0 Å². The Bertz CT molecular complexity index is 856. The second kappa shape index (κ2) is 47.1. The Hall–Kier alpha value is -3.93. The van der Waals surface area contributed by atoms with Gasteiger partial charge >= 0.3 is 30.5 Å². The highest BCUT2D eigenvalue weighted by atomic mass is 16.6. The molecule has 0 fully saturated rings. The van der Waals surface area contributed by atoms with E-state index in [0.29, 0.717) is 19.1 Å². The van der Waals surface area contributed by atoms with E-state index in [2.05, 4.69) is 35.5 Å². The minimum atomic E-state index is -0.622. The summed E-state index contributed by atoms with van der Waals surface area (Å²) in [4.78, 5) is 54.5. The van der Waals surface area contributed by atoms with Crippen LogP contribution in [0, 0.1) is 5.92 Å². The zero-order chi connectivity index (χ0) is 42.6. The summed E-state index contributed by atoms with van der Waals surface area (Å²) in [5.41, 5.74) is 0. The van der Waals surface area contributed by atoms with Gasteiger partial charge in [-0.1, -0.05) is 27.2 Å². The Kier molecular flexibility index (Phi) is 51.8. The molecule has 22 nitrogen and oxygen atoms in total. The molecule has 0 aromatic rings. The van der Waals surface area contributed by atoms with Gasteiger partial charge in [0.15, 0.2) is 0 Å². The monoisotopic (exact) mass is 795 g/mol.